The van der Waals surface area contributed by atoms with E-state index < -0.39 is 28.8 Å². The van der Waals surface area contributed by atoms with Gasteiger partial charge in [0.25, 0.3) is 5.91 Å². The summed E-state index contributed by atoms with van der Waals surface area (Å²) in [6.07, 6.45) is 0. The molecule has 9 heteroatoms. The summed E-state index contributed by atoms with van der Waals surface area (Å²) < 4.78 is 20.5. The molecule has 0 spiro atoms. The van der Waals surface area contributed by atoms with Gasteiger partial charge in [0.2, 0.25) is 5.43 Å². The van der Waals surface area contributed by atoms with Crippen molar-refractivity contribution in [1.82, 2.24) is 9.78 Å². The fourth-order valence-electron chi connectivity index (χ4n) is 2.90. The Morgan fingerprint density at radius 1 is 1.23 bits per heavy atom. The number of amides is 1. The van der Waals surface area contributed by atoms with Crippen LogP contribution in [0.15, 0.2) is 35.1 Å². The molecular formula is C21H20FN3O4S. The lowest BCUT2D eigenvalue weighted by atomic mass is 10.1. The van der Waals surface area contributed by atoms with Gasteiger partial charge in [-0.05, 0) is 45.4 Å². The van der Waals surface area contributed by atoms with Crippen LogP contribution < -0.4 is 10.7 Å². The van der Waals surface area contributed by atoms with E-state index in [1.165, 1.54) is 40.3 Å². The molecule has 1 N–H and O–H groups in total. The molecule has 3 rings (SSSR count). The lowest BCUT2D eigenvalue weighted by molar-refractivity contribution is 0.0527. The average molecular weight is 429 g/mol. The van der Waals surface area contributed by atoms with Crippen molar-refractivity contribution in [3.05, 3.63) is 73.8 Å². The number of thiophene rings is 1. The summed E-state index contributed by atoms with van der Waals surface area (Å²) in [6, 6.07) is 7.12. The number of esters is 1. The van der Waals surface area contributed by atoms with Crippen molar-refractivity contribution >= 4 is 28.2 Å². The number of para-hydroxylation sites is 1. The first-order valence-corrected chi connectivity index (χ1v) is 10.0. The number of ether oxygens (including phenoxy) is 1. The number of carbonyl (C=O) groups is 2. The minimum atomic E-state index is -0.795. The van der Waals surface area contributed by atoms with Crippen LogP contribution in [0.2, 0.25) is 0 Å². The summed E-state index contributed by atoms with van der Waals surface area (Å²) in [4.78, 5) is 38.4. The highest BCUT2D eigenvalue weighted by molar-refractivity contribution is 7.16. The molecule has 1 amide bonds. The van der Waals surface area contributed by atoms with Gasteiger partial charge in [-0.15, -0.1) is 11.3 Å². The molecule has 156 valence electrons. The molecule has 2 aromatic heterocycles. The second-order valence-corrected chi connectivity index (χ2v) is 7.75. The Morgan fingerprint density at radius 3 is 2.60 bits per heavy atom. The van der Waals surface area contributed by atoms with E-state index in [0.717, 1.165) is 4.88 Å². The summed E-state index contributed by atoms with van der Waals surface area (Å²) in [5.74, 6) is -1.90. The van der Waals surface area contributed by atoms with Crippen LogP contribution in [0.1, 0.15) is 43.9 Å². The monoisotopic (exact) mass is 429 g/mol. The molecule has 0 atom stereocenters. The smallest absolute Gasteiger partial charge is 0.341 e. The molecule has 0 aliphatic carbocycles. The number of aryl methyl sites for hydroxylation is 2. The van der Waals surface area contributed by atoms with Gasteiger partial charge in [-0.1, -0.05) is 12.1 Å². The van der Waals surface area contributed by atoms with Gasteiger partial charge in [0.15, 0.2) is 5.69 Å². The highest BCUT2D eigenvalue weighted by Gasteiger charge is 2.24. The molecule has 0 saturated carbocycles. The van der Waals surface area contributed by atoms with Crippen LogP contribution in [-0.2, 0) is 4.74 Å². The van der Waals surface area contributed by atoms with Crippen LogP contribution in [0.5, 0.6) is 0 Å². The Hall–Kier alpha value is -3.33. The van der Waals surface area contributed by atoms with Crippen LogP contribution in [-0.4, -0.2) is 28.3 Å². The maximum absolute atomic E-state index is 14.2. The first kappa shape index (κ1) is 21.4. The van der Waals surface area contributed by atoms with Gasteiger partial charge >= 0.3 is 5.97 Å². The predicted molar refractivity (Wildman–Crippen MR) is 112 cm³/mol. The first-order valence-electron chi connectivity index (χ1n) is 9.19. The van der Waals surface area contributed by atoms with Gasteiger partial charge in [0, 0.05) is 16.6 Å². The van der Waals surface area contributed by atoms with Gasteiger partial charge in [0.05, 0.1) is 12.2 Å². The quantitative estimate of drug-likeness (QED) is 0.624. The minimum Gasteiger partial charge on any atom is -0.462 e. The van der Waals surface area contributed by atoms with Crippen LogP contribution in [0.25, 0.3) is 5.69 Å². The van der Waals surface area contributed by atoms with Gasteiger partial charge < -0.3 is 10.1 Å². The van der Waals surface area contributed by atoms with E-state index in [9.17, 15) is 18.8 Å². The van der Waals surface area contributed by atoms with Gasteiger partial charge in [-0.25, -0.2) is 13.9 Å². The minimum absolute atomic E-state index is 0.110. The number of hydrogen-bond donors (Lipinski definition) is 1. The first-order chi connectivity index (χ1) is 14.2. The van der Waals surface area contributed by atoms with Crippen LogP contribution in [0.3, 0.4) is 0 Å². The molecular weight excluding hydrogens is 409 g/mol. The number of rotatable bonds is 5. The number of aromatic nitrogens is 2. The van der Waals surface area contributed by atoms with Gasteiger partial charge in [0.1, 0.15) is 16.5 Å². The Morgan fingerprint density at radius 2 is 1.93 bits per heavy atom. The lowest BCUT2D eigenvalue weighted by Gasteiger charge is -2.12. The van der Waals surface area contributed by atoms with Crippen molar-refractivity contribution < 1.29 is 18.7 Å². The summed E-state index contributed by atoms with van der Waals surface area (Å²) in [5.41, 5.74) is 0.391. The SMILES string of the molecule is CCOC(=O)c1c(NC(=O)c2nn(-c3ccccc3F)c(C)cc2=O)sc(C)c1C. The zero-order valence-electron chi connectivity index (χ0n) is 16.9. The number of carbonyl (C=O) groups excluding carboxylic acids is 2. The van der Waals surface area contributed by atoms with Crippen molar-refractivity contribution in [3.8, 4) is 5.69 Å². The maximum Gasteiger partial charge on any atom is 0.341 e. The van der Waals surface area contributed by atoms with E-state index in [1.807, 2.05) is 6.92 Å². The molecule has 0 aliphatic rings. The van der Waals surface area contributed by atoms with Crippen molar-refractivity contribution in [1.29, 1.82) is 0 Å². The third-order valence-corrected chi connectivity index (χ3v) is 5.62. The summed E-state index contributed by atoms with van der Waals surface area (Å²) in [5, 5.41) is 6.94. The maximum atomic E-state index is 14.2. The third kappa shape index (κ3) is 4.02. The van der Waals surface area contributed by atoms with E-state index in [1.54, 1.807) is 26.8 Å². The molecule has 0 saturated heterocycles. The fraction of sp³-hybridized carbons (Fsp3) is 0.238. The van der Waals surface area contributed by atoms with Gasteiger partial charge in [-0.2, -0.15) is 5.10 Å². The standard InChI is InChI=1S/C21H20FN3O4S/c1-5-29-21(28)17-12(3)13(4)30-20(17)23-19(27)18-16(26)10-11(2)25(24-18)15-9-7-6-8-14(15)22/h6-10H,5H2,1-4H3,(H,23,27). The fourth-order valence-corrected chi connectivity index (χ4v) is 3.94. The molecule has 7 nitrogen and oxygen atoms in total. The zero-order valence-corrected chi connectivity index (χ0v) is 17.7. The second-order valence-electron chi connectivity index (χ2n) is 6.52. The van der Waals surface area contributed by atoms with Crippen LogP contribution >= 0.6 is 11.3 Å². The predicted octanol–water partition coefficient (Wildman–Crippen LogP) is 3.79. The van der Waals surface area contributed by atoms with E-state index in [-0.39, 0.29) is 22.9 Å². The zero-order chi connectivity index (χ0) is 22.0. The molecule has 0 unspecified atom stereocenters. The van der Waals surface area contributed by atoms with Crippen molar-refractivity contribution in [2.75, 3.05) is 11.9 Å². The second kappa shape index (κ2) is 8.58. The largest absolute Gasteiger partial charge is 0.462 e. The Kier molecular flexibility index (Phi) is 6.12. The molecule has 0 radical (unpaired) electrons. The number of nitrogens with one attached hydrogen (secondary N) is 1. The van der Waals surface area contributed by atoms with E-state index in [4.69, 9.17) is 4.74 Å². The molecule has 0 bridgehead atoms. The van der Waals surface area contributed by atoms with Crippen molar-refractivity contribution in [2.24, 2.45) is 0 Å². The normalized spacial score (nSPS) is 10.7. The highest BCUT2D eigenvalue weighted by Crippen LogP contribution is 2.33. The van der Waals surface area contributed by atoms with Crippen LogP contribution in [0, 0.1) is 26.6 Å². The molecule has 2 heterocycles. The third-order valence-electron chi connectivity index (χ3n) is 4.50. The number of benzene rings is 1. The summed E-state index contributed by atoms with van der Waals surface area (Å²) in [6.45, 7) is 7.03. The average Bonchev–Trinajstić information content (AvgIpc) is 2.96. The molecule has 0 aliphatic heterocycles. The van der Waals surface area contributed by atoms with Crippen molar-refractivity contribution in [3.63, 3.8) is 0 Å². The summed E-state index contributed by atoms with van der Waals surface area (Å²) >= 11 is 1.20. The van der Waals surface area contributed by atoms with E-state index in [2.05, 4.69) is 10.4 Å². The highest BCUT2D eigenvalue weighted by atomic mass is 32.1. The molecule has 3 aromatic rings. The van der Waals surface area contributed by atoms with E-state index >= 15 is 0 Å². The lowest BCUT2D eigenvalue weighted by Crippen LogP contribution is -2.27. The van der Waals surface area contributed by atoms with Crippen molar-refractivity contribution in [2.45, 2.75) is 27.7 Å². The summed E-state index contributed by atoms with van der Waals surface area (Å²) in [7, 11) is 0. The Labute approximate surface area is 176 Å². The topological polar surface area (TPSA) is 90.3 Å². The van der Waals surface area contributed by atoms with E-state index in [0.29, 0.717) is 11.3 Å². The van der Waals surface area contributed by atoms with Crippen LogP contribution in [0.4, 0.5) is 9.39 Å². The Bertz CT molecular complexity index is 1200. The molecule has 1 aromatic carbocycles. The Balaban J connectivity index is 2.03. The number of hydrogen-bond acceptors (Lipinski definition) is 6. The molecule has 0 fully saturated rings. The van der Waals surface area contributed by atoms with Gasteiger partial charge in [-0.3, -0.25) is 9.59 Å². The number of nitrogens with zero attached hydrogens (tertiary/aromatic N) is 2. The number of anilines is 1. The molecule has 30 heavy (non-hydrogen) atoms. The number of halogens is 1.